The molecule has 0 spiro atoms. The molecule has 0 aliphatic carbocycles. The first kappa shape index (κ1) is 7.89. The summed E-state index contributed by atoms with van der Waals surface area (Å²) in [6.45, 7) is -0.411. The topological polar surface area (TPSA) is 93.1 Å². The summed E-state index contributed by atoms with van der Waals surface area (Å²) in [6.07, 6.45) is -0.285. The van der Waals surface area contributed by atoms with Crippen LogP contribution in [-0.4, -0.2) is 31.2 Å². The van der Waals surface area contributed by atoms with Crippen molar-refractivity contribution < 1.29 is 27.0 Å². The molecular weight excluding hydrogens is 164 g/mol. The van der Waals surface area contributed by atoms with E-state index in [0.29, 0.717) is 0 Å². The molecule has 1 rings (SSSR count). The molecule has 1 heterocycles. The number of aliphatic hydroxyl groups is 2. The van der Waals surface area contributed by atoms with Gasteiger partial charge < -0.3 is 10.2 Å². The lowest BCUT2D eigenvalue weighted by atomic mass is 10.4. The highest BCUT2D eigenvalue weighted by atomic mass is 32.3. The van der Waals surface area contributed by atoms with Gasteiger partial charge in [0, 0.05) is 0 Å². The summed E-state index contributed by atoms with van der Waals surface area (Å²) in [4.78, 5) is 0. The molecule has 0 aromatic heterocycles. The molecule has 0 aromatic carbocycles. The van der Waals surface area contributed by atoms with Gasteiger partial charge in [-0.1, -0.05) is 0 Å². The molecule has 0 saturated carbocycles. The Hall–Kier alpha value is -0.210. The van der Waals surface area contributed by atoms with Crippen LogP contribution >= 0.6 is 0 Å². The van der Waals surface area contributed by atoms with E-state index in [-0.39, 0.29) is 6.42 Å². The molecule has 0 bridgehead atoms. The fraction of sp³-hybridized carbons (Fsp3) is 1.00. The second-order valence-electron chi connectivity index (χ2n) is 1.76. The highest BCUT2D eigenvalue weighted by Gasteiger charge is 2.50. The zero-order valence-corrected chi connectivity index (χ0v) is 5.67. The molecule has 1 aliphatic rings. The van der Waals surface area contributed by atoms with E-state index in [1.54, 1.807) is 0 Å². The molecule has 0 atom stereocenters. The van der Waals surface area contributed by atoms with Gasteiger partial charge in [-0.2, -0.15) is 16.8 Å². The van der Waals surface area contributed by atoms with Gasteiger partial charge in [0.15, 0.2) is 0 Å². The smallest absolute Gasteiger partial charge is 0.396 e. The zero-order valence-electron chi connectivity index (χ0n) is 4.85. The lowest BCUT2D eigenvalue weighted by Gasteiger charge is -2.32. The van der Waals surface area contributed by atoms with E-state index in [4.69, 9.17) is 10.2 Å². The molecule has 10 heavy (non-hydrogen) atoms. The van der Waals surface area contributed by atoms with Crippen molar-refractivity contribution in [1.82, 2.24) is 0 Å². The second-order valence-corrected chi connectivity index (χ2v) is 2.91. The van der Waals surface area contributed by atoms with Crippen molar-refractivity contribution >= 4 is 10.4 Å². The Morgan fingerprint density at radius 3 is 2.20 bits per heavy atom. The Kier molecular flexibility index (Phi) is 1.69. The van der Waals surface area contributed by atoms with E-state index >= 15 is 0 Å². The quantitative estimate of drug-likeness (QED) is 0.513. The van der Waals surface area contributed by atoms with Crippen molar-refractivity contribution in [2.24, 2.45) is 0 Å². The second kappa shape index (κ2) is 2.14. The fourth-order valence-corrected chi connectivity index (χ4v) is 1.37. The van der Waals surface area contributed by atoms with Crippen LogP contribution in [0.2, 0.25) is 0 Å². The predicted octanol–water partition coefficient (Wildman–Crippen LogP) is -1.69. The predicted molar refractivity (Wildman–Crippen MR) is 27.7 cm³/mol. The summed E-state index contributed by atoms with van der Waals surface area (Å²) in [5.41, 5.74) is 0. The molecule has 2 N–H and O–H groups in total. The highest BCUT2D eigenvalue weighted by Crippen LogP contribution is 2.30. The summed E-state index contributed by atoms with van der Waals surface area (Å²) in [7, 11) is -3.97. The van der Waals surface area contributed by atoms with Gasteiger partial charge in [-0.15, -0.1) is 0 Å². The van der Waals surface area contributed by atoms with Gasteiger partial charge in [0.2, 0.25) is 0 Å². The van der Waals surface area contributed by atoms with E-state index in [2.05, 4.69) is 8.37 Å². The van der Waals surface area contributed by atoms with Crippen LogP contribution in [0.3, 0.4) is 0 Å². The first-order chi connectivity index (χ1) is 4.47. The van der Waals surface area contributed by atoms with Crippen molar-refractivity contribution in [3.63, 3.8) is 0 Å². The van der Waals surface area contributed by atoms with Crippen LogP contribution in [0, 0.1) is 0 Å². The standard InChI is InChI=1S/C3H6O6S/c4-2-1-3(5)8-10(6,7)9-3/h4-5H,1-2H2. The van der Waals surface area contributed by atoms with Crippen LogP contribution in [0.25, 0.3) is 0 Å². The normalized spacial score (nSPS) is 27.4. The van der Waals surface area contributed by atoms with Crippen LogP contribution in [-0.2, 0) is 18.8 Å². The third kappa shape index (κ3) is 1.44. The van der Waals surface area contributed by atoms with E-state index in [1.807, 2.05) is 0 Å². The number of aliphatic hydroxyl groups excluding tert-OH is 1. The van der Waals surface area contributed by atoms with Gasteiger partial charge in [-0.25, -0.2) is 0 Å². The SMILES string of the molecule is O=S1(=O)OC(O)(CCO)O1. The van der Waals surface area contributed by atoms with Gasteiger partial charge in [0.05, 0.1) is 13.0 Å². The summed E-state index contributed by atoms with van der Waals surface area (Å²) >= 11 is 0. The van der Waals surface area contributed by atoms with E-state index < -0.39 is 23.0 Å². The number of hydrogen-bond acceptors (Lipinski definition) is 6. The molecule has 0 radical (unpaired) electrons. The van der Waals surface area contributed by atoms with Gasteiger partial charge >= 0.3 is 16.4 Å². The Morgan fingerprint density at radius 2 is 1.90 bits per heavy atom. The average Bonchev–Trinajstić information content (AvgIpc) is 1.58. The van der Waals surface area contributed by atoms with E-state index in [1.165, 1.54) is 0 Å². The minimum Gasteiger partial charge on any atom is -0.396 e. The van der Waals surface area contributed by atoms with Crippen molar-refractivity contribution in [1.29, 1.82) is 0 Å². The Balaban J connectivity index is 2.49. The van der Waals surface area contributed by atoms with Crippen molar-refractivity contribution in [2.75, 3.05) is 6.61 Å². The van der Waals surface area contributed by atoms with Crippen molar-refractivity contribution in [2.45, 2.75) is 12.4 Å². The lowest BCUT2D eigenvalue weighted by molar-refractivity contribution is -0.331. The highest BCUT2D eigenvalue weighted by molar-refractivity contribution is 7.82. The minimum atomic E-state index is -3.97. The molecule has 0 aromatic rings. The van der Waals surface area contributed by atoms with Gasteiger partial charge in [0.1, 0.15) is 0 Å². The van der Waals surface area contributed by atoms with Crippen molar-refractivity contribution in [3.8, 4) is 0 Å². The summed E-state index contributed by atoms with van der Waals surface area (Å²) in [5, 5.41) is 17.0. The molecular formula is C3H6O6S. The van der Waals surface area contributed by atoms with E-state index in [0.717, 1.165) is 0 Å². The third-order valence-electron chi connectivity index (χ3n) is 0.892. The average molecular weight is 170 g/mol. The van der Waals surface area contributed by atoms with Crippen LogP contribution in [0.15, 0.2) is 0 Å². The van der Waals surface area contributed by atoms with Crippen LogP contribution < -0.4 is 0 Å². The molecule has 60 valence electrons. The first-order valence-corrected chi connectivity index (χ1v) is 3.80. The minimum absolute atomic E-state index is 0.285. The summed E-state index contributed by atoms with van der Waals surface area (Å²) in [6, 6.07) is 0. The fourth-order valence-electron chi connectivity index (χ4n) is 0.550. The van der Waals surface area contributed by atoms with Gasteiger partial charge in [0.25, 0.3) is 0 Å². The Labute approximate surface area is 57.3 Å². The number of rotatable bonds is 2. The maximum Gasteiger partial charge on any atom is 0.409 e. The van der Waals surface area contributed by atoms with Crippen LogP contribution in [0.4, 0.5) is 0 Å². The van der Waals surface area contributed by atoms with Crippen LogP contribution in [0.1, 0.15) is 6.42 Å². The lowest BCUT2D eigenvalue weighted by Crippen LogP contribution is -2.50. The van der Waals surface area contributed by atoms with Gasteiger partial charge in [-0.05, 0) is 0 Å². The zero-order chi connectivity index (χ0) is 7.83. The maximum absolute atomic E-state index is 10.1. The molecule has 7 heteroatoms. The molecule has 0 amide bonds. The molecule has 1 fully saturated rings. The molecule has 0 unspecified atom stereocenters. The largest absolute Gasteiger partial charge is 0.409 e. The third-order valence-corrected chi connectivity index (χ3v) is 1.82. The first-order valence-electron chi connectivity index (χ1n) is 2.47. The van der Waals surface area contributed by atoms with E-state index in [9.17, 15) is 8.42 Å². The molecule has 1 aliphatic heterocycles. The summed E-state index contributed by atoms with van der Waals surface area (Å²) in [5.74, 6) is -2.13. The number of hydrogen-bond donors (Lipinski definition) is 2. The molecule has 6 nitrogen and oxygen atoms in total. The Bertz CT molecular complexity index is 205. The monoisotopic (exact) mass is 170 g/mol. The summed E-state index contributed by atoms with van der Waals surface area (Å²) < 4.78 is 28.0. The van der Waals surface area contributed by atoms with Gasteiger partial charge in [-0.3, -0.25) is 0 Å². The maximum atomic E-state index is 10.1. The van der Waals surface area contributed by atoms with Crippen LogP contribution in [0.5, 0.6) is 0 Å². The van der Waals surface area contributed by atoms with Crippen molar-refractivity contribution in [3.05, 3.63) is 0 Å². The Morgan fingerprint density at radius 1 is 1.40 bits per heavy atom. The molecule has 1 saturated heterocycles.